The van der Waals surface area contributed by atoms with Crippen molar-refractivity contribution >= 4 is 0 Å². The Labute approximate surface area is 112 Å². The van der Waals surface area contributed by atoms with Crippen molar-refractivity contribution in [2.75, 3.05) is 6.61 Å². The van der Waals surface area contributed by atoms with Gasteiger partial charge in [0.25, 0.3) is 0 Å². The smallest absolute Gasteiger partial charge is 0.219 e. The molecule has 1 aromatic heterocycles. The van der Waals surface area contributed by atoms with E-state index < -0.39 is 0 Å². The molecular formula is C15H17NO3. The van der Waals surface area contributed by atoms with Crippen molar-refractivity contribution in [1.82, 2.24) is 4.98 Å². The zero-order valence-corrected chi connectivity index (χ0v) is 11.1. The van der Waals surface area contributed by atoms with E-state index >= 15 is 0 Å². The van der Waals surface area contributed by atoms with Crippen LogP contribution in [0.25, 0.3) is 0 Å². The molecule has 0 saturated heterocycles. The number of nitrogens with zero attached hydrogens (tertiary/aromatic N) is 1. The summed E-state index contributed by atoms with van der Waals surface area (Å²) in [6.45, 7) is 4.38. The largest absolute Gasteiger partial charge is 0.494 e. The van der Waals surface area contributed by atoms with Gasteiger partial charge in [0.05, 0.1) is 13.2 Å². The van der Waals surface area contributed by atoms with Crippen LogP contribution >= 0.6 is 0 Å². The lowest BCUT2D eigenvalue weighted by Crippen LogP contribution is -1.95. The van der Waals surface area contributed by atoms with E-state index in [2.05, 4.69) is 4.98 Å². The summed E-state index contributed by atoms with van der Waals surface area (Å²) in [4.78, 5) is 4.28. The van der Waals surface area contributed by atoms with Crippen LogP contribution in [0.15, 0.2) is 36.4 Å². The molecule has 0 aliphatic rings. The molecule has 1 aromatic carbocycles. The lowest BCUT2D eigenvalue weighted by Gasteiger charge is -2.09. The van der Waals surface area contributed by atoms with Crippen LogP contribution < -0.4 is 9.47 Å². The number of aromatic nitrogens is 1. The first-order chi connectivity index (χ1) is 9.21. The summed E-state index contributed by atoms with van der Waals surface area (Å²) in [5.41, 5.74) is 1.59. The number of hydrogen-bond acceptors (Lipinski definition) is 4. The fraction of sp³-hybridized carbons (Fsp3) is 0.267. The minimum Gasteiger partial charge on any atom is -0.494 e. The highest BCUT2D eigenvalue weighted by Gasteiger charge is 2.03. The highest BCUT2D eigenvalue weighted by Crippen LogP contribution is 2.25. The van der Waals surface area contributed by atoms with Crippen LogP contribution in [0.1, 0.15) is 18.2 Å². The molecule has 0 spiro atoms. The number of ether oxygens (including phenoxy) is 2. The van der Waals surface area contributed by atoms with Gasteiger partial charge in [-0.25, -0.2) is 4.98 Å². The number of aliphatic hydroxyl groups is 1. The molecular weight excluding hydrogens is 242 g/mol. The zero-order valence-electron chi connectivity index (χ0n) is 11.1. The number of rotatable bonds is 5. The van der Waals surface area contributed by atoms with Crippen LogP contribution in [0.2, 0.25) is 0 Å². The van der Waals surface area contributed by atoms with Gasteiger partial charge in [-0.2, -0.15) is 0 Å². The molecule has 0 bridgehead atoms. The molecule has 0 aliphatic heterocycles. The van der Waals surface area contributed by atoms with Crippen molar-refractivity contribution in [3.63, 3.8) is 0 Å². The van der Waals surface area contributed by atoms with Gasteiger partial charge in [-0.05, 0) is 37.6 Å². The van der Waals surface area contributed by atoms with Gasteiger partial charge in [0.1, 0.15) is 11.5 Å². The highest BCUT2D eigenvalue weighted by molar-refractivity contribution is 5.36. The molecule has 0 saturated carbocycles. The molecule has 0 amide bonds. The van der Waals surface area contributed by atoms with Crippen molar-refractivity contribution in [2.45, 2.75) is 20.5 Å². The Morgan fingerprint density at radius 3 is 2.68 bits per heavy atom. The maximum atomic E-state index is 9.16. The van der Waals surface area contributed by atoms with E-state index in [0.29, 0.717) is 18.2 Å². The third-order valence-electron chi connectivity index (χ3n) is 2.51. The summed E-state index contributed by atoms with van der Waals surface area (Å²) in [6.07, 6.45) is 0. The molecule has 1 N–H and O–H groups in total. The molecule has 4 nitrogen and oxygen atoms in total. The number of hydrogen-bond donors (Lipinski definition) is 1. The topological polar surface area (TPSA) is 51.6 Å². The monoisotopic (exact) mass is 259 g/mol. The van der Waals surface area contributed by atoms with Crippen LogP contribution in [0.3, 0.4) is 0 Å². The Morgan fingerprint density at radius 1 is 1.16 bits per heavy atom. The predicted octanol–water partition coefficient (Wildman–Crippen LogP) is 3.07. The van der Waals surface area contributed by atoms with Crippen LogP contribution in [0, 0.1) is 6.92 Å². The summed E-state index contributed by atoms with van der Waals surface area (Å²) < 4.78 is 11.1. The van der Waals surface area contributed by atoms with Gasteiger partial charge in [-0.1, -0.05) is 6.07 Å². The van der Waals surface area contributed by atoms with Crippen LogP contribution in [0.4, 0.5) is 0 Å². The van der Waals surface area contributed by atoms with E-state index in [4.69, 9.17) is 14.6 Å². The third-order valence-corrected chi connectivity index (χ3v) is 2.51. The maximum Gasteiger partial charge on any atom is 0.219 e. The van der Waals surface area contributed by atoms with Crippen molar-refractivity contribution in [1.29, 1.82) is 0 Å². The summed E-state index contributed by atoms with van der Waals surface area (Å²) in [6, 6.07) is 10.9. The molecule has 19 heavy (non-hydrogen) atoms. The standard InChI is InChI=1S/C15H17NO3/c1-3-18-13-5-4-6-14(9-13)19-15-8-12(10-17)7-11(2)16-15/h4-9,17H,3,10H2,1-2H3. The third kappa shape index (κ3) is 3.69. The Kier molecular flexibility index (Phi) is 4.36. The van der Waals surface area contributed by atoms with E-state index in [-0.39, 0.29) is 6.61 Å². The van der Waals surface area contributed by atoms with Gasteiger partial charge < -0.3 is 14.6 Å². The van der Waals surface area contributed by atoms with E-state index in [1.165, 1.54) is 0 Å². The second-order valence-corrected chi connectivity index (χ2v) is 4.12. The molecule has 0 radical (unpaired) electrons. The lowest BCUT2D eigenvalue weighted by atomic mass is 10.2. The molecule has 2 aromatic rings. The van der Waals surface area contributed by atoms with E-state index in [1.807, 2.05) is 44.2 Å². The predicted molar refractivity (Wildman–Crippen MR) is 72.6 cm³/mol. The summed E-state index contributed by atoms with van der Waals surface area (Å²) in [5.74, 6) is 1.89. The number of aryl methyl sites for hydroxylation is 1. The minimum atomic E-state index is -0.0291. The Balaban J connectivity index is 2.20. The van der Waals surface area contributed by atoms with E-state index in [9.17, 15) is 0 Å². The van der Waals surface area contributed by atoms with Crippen molar-refractivity contribution in [3.8, 4) is 17.4 Å². The van der Waals surface area contributed by atoms with Gasteiger partial charge in [0.15, 0.2) is 0 Å². The van der Waals surface area contributed by atoms with E-state index in [1.54, 1.807) is 6.07 Å². The molecule has 100 valence electrons. The average molecular weight is 259 g/mol. The van der Waals surface area contributed by atoms with Crippen LogP contribution in [-0.2, 0) is 6.61 Å². The summed E-state index contributed by atoms with van der Waals surface area (Å²) in [7, 11) is 0. The zero-order chi connectivity index (χ0) is 13.7. The normalized spacial score (nSPS) is 10.3. The Morgan fingerprint density at radius 2 is 1.95 bits per heavy atom. The first kappa shape index (κ1) is 13.4. The number of benzene rings is 1. The first-order valence-electron chi connectivity index (χ1n) is 6.20. The SMILES string of the molecule is CCOc1cccc(Oc2cc(CO)cc(C)n2)c1. The quantitative estimate of drug-likeness (QED) is 0.896. The second kappa shape index (κ2) is 6.20. The minimum absolute atomic E-state index is 0.0291. The molecule has 0 fully saturated rings. The van der Waals surface area contributed by atoms with Gasteiger partial charge >= 0.3 is 0 Å². The van der Waals surface area contributed by atoms with Crippen molar-refractivity contribution < 1.29 is 14.6 Å². The highest BCUT2D eigenvalue weighted by atomic mass is 16.5. The summed E-state index contributed by atoms with van der Waals surface area (Å²) >= 11 is 0. The summed E-state index contributed by atoms with van der Waals surface area (Å²) in [5, 5.41) is 9.16. The fourth-order valence-electron chi connectivity index (χ4n) is 1.77. The maximum absolute atomic E-state index is 9.16. The average Bonchev–Trinajstić information content (AvgIpc) is 2.39. The fourth-order valence-corrected chi connectivity index (χ4v) is 1.77. The first-order valence-corrected chi connectivity index (χ1v) is 6.20. The molecule has 0 aliphatic carbocycles. The van der Waals surface area contributed by atoms with E-state index in [0.717, 1.165) is 17.0 Å². The van der Waals surface area contributed by atoms with Crippen molar-refractivity contribution in [2.24, 2.45) is 0 Å². The molecule has 4 heteroatoms. The van der Waals surface area contributed by atoms with Gasteiger partial charge in [0.2, 0.25) is 5.88 Å². The van der Waals surface area contributed by atoms with Gasteiger partial charge in [0, 0.05) is 17.8 Å². The number of pyridine rings is 1. The molecule has 0 atom stereocenters. The molecule has 1 heterocycles. The second-order valence-electron chi connectivity index (χ2n) is 4.12. The molecule has 2 rings (SSSR count). The van der Waals surface area contributed by atoms with Crippen molar-refractivity contribution in [3.05, 3.63) is 47.7 Å². The van der Waals surface area contributed by atoms with Crippen LogP contribution in [-0.4, -0.2) is 16.7 Å². The number of aliphatic hydroxyl groups excluding tert-OH is 1. The van der Waals surface area contributed by atoms with Gasteiger partial charge in [-0.15, -0.1) is 0 Å². The van der Waals surface area contributed by atoms with Gasteiger partial charge in [-0.3, -0.25) is 0 Å². The lowest BCUT2D eigenvalue weighted by molar-refractivity contribution is 0.281. The Hall–Kier alpha value is -2.07. The van der Waals surface area contributed by atoms with Crippen LogP contribution in [0.5, 0.6) is 17.4 Å². The molecule has 0 unspecified atom stereocenters. The Bertz CT molecular complexity index is 555.